The lowest BCUT2D eigenvalue weighted by molar-refractivity contribution is -0.121. The van der Waals surface area contributed by atoms with Gasteiger partial charge in [0.25, 0.3) is 0 Å². The van der Waals surface area contributed by atoms with E-state index in [0.29, 0.717) is 24.6 Å². The van der Waals surface area contributed by atoms with Crippen molar-refractivity contribution in [3.05, 3.63) is 24.3 Å². The number of carbonyl (C=O) groups is 1. The highest BCUT2D eigenvalue weighted by atomic mass is 16.5. The number of nitrogens with two attached hydrogens (primary N) is 1. The van der Waals surface area contributed by atoms with Crippen LogP contribution in [0.1, 0.15) is 39.0 Å². The van der Waals surface area contributed by atoms with E-state index in [0.717, 1.165) is 18.2 Å². The van der Waals surface area contributed by atoms with Crippen LogP contribution in [0.15, 0.2) is 24.3 Å². The molecule has 0 bridgehead atoms. The quantitative estimate of drug-likeness (QED) is 0.792. The summed E-state index contributed by atoms with van der Waals surface area (Å²) in [5, 5.41) is 3.02. The third kappa shape index (κ3) is 5.66. The molecule has 0 atom stereocenters. The minimum atomic E-state index is 0.0732. The van der Waals surface area contributed by atoms with Crippen molar-refractivity contribution >= 4 is 11.6 Å². The monoisotopic (exact) mass is 290 g/mol. The molecule has 0 spiro atoms. The summed E-state index contributed by atoms with van der Waals surface area (Å²) in [6.07, 6.45) is 5.46. The Morgan fingerprint density at radius 1 is 1.24 bits per heavy atom. The molecule has 0 heterocycles. The van der Waals surface area contributed by atoms with Crippen LogP contribution in [0.3, 0.4) is 0 Å². The number of hydrogen-bond donors (Lipinski definition) is 2. The second kappa shape index (κ2) is 7.91. The molecule has 0 aromatic heterocycles. The molecule has 21 heavy (non-hydrogen) atoms. The normalized spacial score (nSPS) is 21.8. The zero-order valence-corrected chi connectivity index (χ0v) is 12.8. The molecule has 0 unspecified atom stereocenters. The van der Waals surface area contributed by atoms with E-state index < -0.39 is 0 Å². The fourth-order valence-electron chi connectivity index (χ4n) is 2.71. The third-order valence-electron chi connectivity index (χ3n) is 4.20. The number of nitrogen functional groups attached to an aromatic ring is 1. The van der Waals surface area contributed by atoms with Crippen LogP contribution in [-0.4, -0.2) is 19.1 Å². The van der Waals surface area contributed by atoms with Crippen molar-refractivity contribution in [1.29, 1.82) is 0 Å². The predicted molar refractivity (Wildman–Crippen MR) is 85.1 cm³/mol. The molecule has 0 aliphatic heterocycles. The van der Waals surface area contributed by atoms with Crippen molar-refractivity contribution in [2.45, 2.75) is 39.0 Å². The van der Waals surface area contributed by atoms with Gasteiger partial charge in [0.1, 0.15) is 5.75 Å². The van der Waals surface area contributed by atoms with Gasteiger partial charge in [0.15, 0.2) is 0 Å². The minimum Gasteiger partial charge on any atom is -0.493 e. The van der Waals surface area contributed by atoms with Gasteiger partial charge in [0, 0.05) is 12.2 Å². The van der Waals surface area contributed by atoms with E-state index in [4.69, 9.17) is 10.5 Å². The zero-order chi connectivity index (χ0) is 15.1. The van der Waals surface area contributed by atoms with Gasteiger partial charge in [-0.15, -0.1) is 0 Å². The Bertz CT molecular complexity index is 437. The lowest BCUT2D eigenvalue weighted by atomic mass is 9.83. The summed E-state index contributed by atoms with van der Waals surface area (Å²) in [7, 11) is 0. The van der Waals surface area contributed by atoms with Crippen LogP contribution >= 0.6 is 0 Å². The largest absolute Gasteiger partial charge is 0.493 e. The highest BCUT2D eigenvalue weighted by molar-refractivity contribution is 5.75. The molecule has 0 radical (unpaired) electrons. The standard InChI is InChI=1S/C17H26N2O2/c1-13-2-4-14(5-3-13)12-19-17(20)10-11-21-16-8-6-15(18)7-9-16/h6-9,13-14H,2-5,10-12,18H2,1H3,(H,19,20). The second-order valence-electron chi connectivity index (χ2n) is 6.10. The average molecular weight is 290 g/mol. The maximum Gasteiger partial charge on any atom is 0.223 e. The maximum absolute atomic E-state index is 11.8. The molecule has 2 rings (SSSR count). The van der Waals surface area contributed by atoms with Crippen LogP contribution in [0, 0.1) is 11.8 Å². The number of amides is 1. The Hall–Kier alpha value is -1.71. The van der Waals surface area contributed by atoms with Crippen molar-refractivity contribution in [3.8, 4) is 5.75 Å². The molecule has 1 aromatic carbocycles. The summed E-state index contributed by atoms with van der Waals surface area (Å²) in [5.41, 5.74) is 6.31. The molecule has 1 fully saturated rings. The van der Waals surface area contributed by atoms with E-state index in [1.54, 1.807) is 12.1 Å². The Morgan fingerprint density at radius 3 is 2.57 bits per heavy atom. The lowest BCUT2D eigenvalue weighted by Gasteiger charge is -2.26. The number of hydrogen-bond acceptors (Lipinski definition) is 3. The smallest absolute Gasteiger partial charge is 0.223 e. The Morgan fingerprint density at radius 2 is 1.90 bits per heavy atom. The van der Waals surface area contributed by atoms with Crippen LogP contribution in [0.5, 0.6) is 5.75 Å². The molecule has 3 N–H and O–H groups in total. The summed E-state index contributed by atoms with van der Waals surface area (Å²) in [6, 6.07) is 7.21. The first-order chi connectivity index (χ1) is 10.1. The van der Waals surface area contributed by atoms with E-state index in [1.165, 1.54) is 25.7 Å². The number of ether oxygens (including phenoxy) is 1. The molecule has 1 aliphatic rings. The van der Waals surface area contributed by atoms with Crippen molar-refractivity contribution in [3.63, 3.8) is 0 Å². The average Bonchev–Trinajstić information content (AvgIpc) is 2.49. The molecule has 1 aromatic rings. The number of rotatable bonds is 6. The topological polar surface area (TPSA) is 64.3 Å². The van der Waals surface area contributed by atoms with Gasteiger partial charge in [-0.05, 0) is 48.9 Å². The highest BCUT2D eigenvalue weighted by Crippen LogP contribution is 2.27. The first-order valence-corrected chi connectivity index (χ1v) is 7.88. The summed E-state index contributed by atoms with van der Waals surface area (Å²) >= 11 is 0. The fourth-order valence-corrected chi connectivity index (χ4v) is 2.71. The van der Waals surface area contributed by atoms with Gasteiger partial charge in [0.05, 0.1) is 13.0 Å². The van der Waals surface area contributed by atoms with E-state index in [-0.39, 0.29) is 5.91 Å². The molecule has 4 nitrogen and oxygen atoms in total. The first-order valence-electron chi connectivity index (χ1n) is 7.88. The zero-order valence-electron chi connectivity index (χ0n) is 12.8. The maximum atomic E-state index is 11.8. The van der Waals surface area contributed by atoms with E-state index in [9.17, 15) is 4.79 Å². The van der Waals surface area contributed by atoms with E-state index >= 15 is 0 Å². The van der Waals surface area contributed by atoms with Gasteiger partial charge < -0.3 is 15.8 Å². The number of carbonyl (C=O) groups excluding carboxylic acids is 1. The van der Waals surface area contributed by atoms with Crippen LogP contribution in [0.2, 0.25) is 0 Å². The summed E-state index contributed by atoms with van der Waals surface area (Å²) < 4.78 is 5.52. The number of benzene rings is 1. The van der Waals surface area contributed by atoms with Gasteiger partial charge in [0.2, 0.25) is 5.91 Å². The third-order valence-corrected chi connectivity index (χ3v) is 4.20. The van der Waals surface area contributed by atoms with Gasteiger partial charge in [-0.1, -0.05) is 19.8 Å². The van der Waals surface area contributed by atoms with Crippen LogP contribution in [-0.2, 0) is 4.79 Å². The summed E-state index contributed by atoms with van der Waals surface area (Å²) in [5.74, 6) is 2.33. The van der Waals surface area contributed by atoms with E-state index in [1.807, 2.05) is 12.1 Å². The summed E-state index contributed by atoms with van der Waals surface area (Å²) in [4.78, 5) is 11.8. The van der Waals surface area contributed by atoms with Crippen LogP contribution < -0.4 is 15.8 Å². The Labute approximate surface area is 127 Å². The van der Waals surface area contributed by atoms with Gasteiger partial charge >= 0.3 is 0 Å². The number of nitrogens with one attached hydrogen (secondary N) is 1. The Kier molecular flexibility index (Phi) is 5.90. The summed E-state index contributed by atoms with van der Waals surface area (Å²) in [6.45, 7) is 3.52. The van der Waals surface area contributed by atoms with Crippen molar-refractivity contribution in [2.75, 3.05) is 18.9 Å². The molecule has 1 aliphatic carbocycles. The number of anilines is 1. The van der Waals surface area contributed by atoms with Crippen LogP contribution in [0.25, 0.3) is 0 Å². The molecule has 116 valence electrons. The minimum absolute atomic E-state index is 0.0732. The van der Waals surface area contributed by atoms with Crippen molar-refractivity contribution in [1.82, 2.24) is 5.32 Å². The predicted octanol–water partition coefficient (Wildman–Crippen LogP) is 2.98. The fraction of sp³-hybridized carbons (Fsp3) is 0.588. The van der Waals surface area contributed by atoms with Gasteiger partial charge in [-0.3, -0.25) is 4.79 Å². The van der Waals surface area contributed by atoms with Crippen molar-refractivity contribution in [2.24, 2.45) is 11.8 Å². The SMILES string of the molecule is CC1CCC(CNC(=O)CCOc2ccc(N)cc2)CC1. The molecular formula is C17H26N2O2. The molecule has 0 saturated heterocycles. The molecular weight excluding hydrogens is 264 g/mol. The Balaban J connectivity index is 1.58. The molecule has 4 heteroatoms. The van der Waals surface area contributed by atoms with Crippen molar-refractivity contribution < 1.29 is 9.53 Å². The van der Waals surface area contributed by atoms with Gasteiger partial charge in [-0.25, -0.2) is 0 Å². The highest BCUT2D eigenvalue weighted by Gasteiger charge is 2.18. The van der Waals surface area contributed by atoms with E-state index in [2.05, 4.69) is 12.2 Å². The van der Waals surface area contributed by atoms with Crippen LogP contribution in [0.4, 0.5) is 5.69 Å². The second-order valence-corrected chi connectivity index (χ2v) is 6.10. The first kappa shape index (κ1) is 15.7. The molecule has 1 amide bonds. The molecule has 1 saturated carbocycles. The lowest BCUT2D eigenvalue weighted by Crippen LogP contribution is -2.31. The van der Waals surface area contributed by atoms with Gasteiger partial charge in [-0.2, -0.15) is 0 Å².